The Morgan fingerprint density at radius 3 is 2.70 bits per heavy atom. The molecular formula is C26H33N3O4. The van der Waals surface area contributed by atoms with Gasteiger partial charge in [-0.05, 0) is 54.8 Å². The first kappa shape index (κ1) is 23.3. The Balaban J connectivity index is 1.29. The molecule has 0 radical (unpaired) electrons. The Morgan fingerprint density at radius 2 is 1.91 bits per heavy atom. The third-order valence-corrected chi connectivity index (χ3v) is 5.98. The highest BCUT2D eigenvalue weighted by atomic mass is 16.5. The van der Waals surface area contributed by atoms with Gasteiger partial charge in [0, 0.05) is 45.0 Å². The average Bonchev–Trinajstić information content (AvgIpc) is 3.32. The lowest BCUT2D eigenvalue weighted by Gasteiger charge is -2.42. The van der Waals surface area contributed by atoms with E-state index in [9.17, 15) is 10.2 Å². The first-order valence-electron chi connectivity index (χ1n) is 11.5. The van der Waals surface area contributed by atoms with Crippen molar-refractivity contribution in [3.8, 4) is 11.5 Å². The number of piperidine rings is 1. The van der Waals surface area contributed by atoms with Crippen molar-refractivity contribution in [3.05, 3.63) is 78.1 Å². The minimum atomic E-state index is -1.32. The molecule has 7 heteroatoms. The standard InChI is InChI=1S/C26H33N3O4/c1-21-6-2-8-23(16-21)33-20-26(31)19-28(14-10-25(26)30)18-22-7-3-9-24(17-22)32-15-5-13-29-12-4-11-27-29/h2-4,6-9,11-12,16-17,25,30-31H,5,10,13-15,18-20H2,1H3. The normalized spacial score (nSPS) is 21.1. The highest BCUT2D eigenvalue weighted by molar-refractivity contribution is 5.29. The summed E-state index contributed by atoms with van der Waals surface area (Å²) in [6.45, 7) is 5.21. The molecule has 2 atom stereocenters. The Hall–Kier alpha value is -2.87. The summed E-state index contributed by atoms with van der Waals surface area (Å²) in [5.41, 5.74) is 0.884. The van der Waals surface area contributed by atoms with E-state index in [1.165, 1.54) is 0 Å². The van der Waals surface area contributed by atoms with Crippen molar-refractivity contribution in [3.63, 3.8) is 0 Å². The highest BCUT2D eigenvalue weighted by Crippen LogP contribution is 2.26. The molecule has 4 rings (SSSR count). The molecule has 1 saturated heterocycles. The lowest BCUT2D eigenvalue weighted by molar-refractivity contribution is -0.140. The molecule has 1 aliphatic heterocycles. The molecule has 7 nitrogen and oxygen atoms in total. The Labute approximate surface area is 195 Å². The molecule has 0 saturated carbocycles. The van der Waals surface area contributed by atoms with Crippen LogP contribution in [0.2, 0.25) is 0 Å². The van der Waals surface area contributed by atoms with Crippen LogP contribution in [-0.4, -0.2) is 62.9 Å². The summed E-state index contributed by atoms with van der Waals surface area (Å²) in [6.07, 6.45) is 4.28. The number of aryl methyl sites for hydroxylation is 2. The van der Waals surface area contributed by atoms with Gasteiger partial charge in [-0.3, -0.25) is 9.58 Å². The van der Waals surface area contributed by atoms with E-state index >= 15 is 0 Å². The van der Waals surface area contributed by atoms with E-state index in [4.69, 9.17) is 9.47 Å². The van der Waals surface area contributed by atoms with Gasteiger partial charge in [0.25, 0.3) is 0 Å². The van der Waals surface area contributed by atoms with E-state index in [0.717, 1.165) is 29.8 Å². The smallest absolute Gasteiger partial charge is 0.137 e. The maximum Gasteiger partial charge on any atom is 0.137 e. The Kier molecular flexibility index (Phi) is 7.65. The molecule has 1 fully saturated rings. The van der Waals surface area contributed by atoms with Gasteiger partial charge < -0.3 is 19.7 Å². The number of benzene rings is 2. The molecule has 0 aliphatic carbocycles. The van der Waals surface area contributed by atoms with Crippen LogP contribution < -0.4 is 9.47 Å². The van der Waals surface area contributed by atoms with Crippen LogP contribution in [0.25, 0.3) is 0 Å². The fraction of sp³-hybridized carbons (Fsp3) is 0.423. The second-order valence-corrected chi connectivity index (χ2v) is 8.84. The van der Waals surface area contributed by atoms with E-state index in [0.29, 0.717) is 38.4 Å². The zero-order chi connectivity index (χ0) is 23.1. The highest BCUT2D eigenvalue weighted by Gasteiger charge is 2.42. The van der Waals surface area contributed by atoms with Crippen molar-refractivity contribution < 1.29 is 19.7 Å². The SMILES string of the molecule is Cc1cccc(OCC2(O)CN(Cc3cccc(OCCCn4cccn4)c3)CCC2O)c1. The van der Waals surface area contributed by atoms with E-state index < -0.39 is 11.7 Å². The summed E-state index contributed by atoms with van der Waals surface area (Å²) in [6, 6.07) is 17.7. The van der Waals surface area contributed by atoms with Crippen LogP contribution in [-0.2, 0) is 13.1 Å². The quantitative estimate of drug-likeness (QED) is 0.461. The number of rotatable bonds is 10. The summed E-state index contributed by atoms with van der Waals surface area (Å²) in [5.74, 6) is 1.54. The number of aliphatic hydroxyl groups excluding tert-OH is 1. The molecule has 176 valence electrons. The third-order valence-electron chi connectivity index (χ3n) is 5.98. The maximum absolute atomic E-state index is 11.1. The third kappa shape index (κ3) is 6.57. The zero-order valence-electron chi connectivity index (χ0n) is 19.1. The van der Waals surface area contributed by atoms with E-state index in [1.54, 1.807) is 6.20 Å². The van der Waals surface area contributed by atoms with Crippen molar-refractivity contribution >= 4 is 0 Å². The Bertz CT molecular complexity index is 1010. The first-order chi connectivity index (χ1) is 16.0. The second-order valence-electron chi connectivity index (χ2n) is 8.84. The first-order valence-corrected chi connectivity index (χ1v) is 11.5. The Morgan fingerprint density at radius 1 is 1.09 bits per heavy atom. The van der Waals surface area contributed by atoms with Crippen molar-refractivity contribution in [2.24, 2.45) is 0 Å². The molecule has 2 unspecified atom stereocenters. The predicted octanol–water partition coefficient (Wildman–Crippen LogP) is 3.04. The van der Waals surface area contributed by atoms with Gasteiger partial charge in [-0.1, -0.05) is 24.3 Å². The fourth-order valence-electron chi connectivity index (χ4n) is 4.18. The summed E-state index contributed by atoms with van der Waals surface area (Å²) in [7, 11) is 0. The van der Waals surface area contributed by atoms with Gasteiger partial charge in [-0.15, -0.1) is 0 Å². The number of nitrogens with zero attached hydrogens (tertiary/aromatic N) is 3. The predicted molar refractivity (Wildman–Crippen MR) is 126 cm³/mol. The number of aliphatic hydroxyl groups is 2. The lowest BCUT2D eigenvalue weighted by atomic mass is 9.90. The second kappa shape index (κ2) is 10.8. The molecule has 1 aliphatic rings. The average molecular weight is 452 g/mol. The molecule has 0 bridgehead atoms. The fourth-order valence-corrected chi connectivity index (χ4v) is 4.18. The molecule has 0 amide bonds. The summed E-state index contributed by atoms with van der Waals surface area (Å²) in [4.78, 5) is 2.16. The minimum Gasteiger partial charge on any atom is -0.494 e. The number of likely N-dealkylation sites (tertiary alicyclic amines) is 1. The van der Waals surface area contributed by atoms with Crippen molar-refractivity contribution in [2.45, 2.75) is 44.6 Å². The molecule has 1 aromatic heterocycles. The molecule has 2 heterocycles. The minimum absolute atomic E-state index is 0.0491. The molecule has 2 N–H and O–H groups in total. The number of hydrogen-bond acceptors (Lipinski definition) is 6. The van der Waals surface area contributed by atoms with Gasteiger partial charge in [-0.2, -0.15) is 5.10 Å². The van der Waals surface area contributed by atoms with E-state index in [-0.39, 0.29) is 6.61 Å². The van der Waals surface area contributed by atoms with Gasteiger partial charge in [0.15, 0.2) is 0 Å². The van der Waals surface area contributed by atoms with E-state index in [1.807, 2.05) is 66.3 Å². The molecule has 33 heavy (non-hydrogen) atoms. The number of aromatic nitrogens is 2. The largest absolute Gasteiger partial charge is 0.494 e. The summed E-state index contributed by atoms with van der Waals surface area (Å²) < 4.78 is 13.7. The van der Waals surface area contributed by atoms with Gasteiger partial charge >= 0.3 is 0 Å². The van der Waals surface area contributed by atoms with Crippen molar-refractivity contribution in [2.75, 3.05) is 26.3 Å². The summed E-state index contributed by atoms with van der Waals surface area (Å²) in [5, 5.41) is 25.8. The van der Waals surface area contributed by atoms with Crippen molar-refractivity contribution in [1.29, 1.82) is 0 Å². The van der Waals surface area contributed by atoms with Crippen LogP contribution in [0.5, 0.6) is 11.5 Å². The molecule has 0 spiro atoms. The summed E-state index contributed by atoms with van der Waals surface area (Å²) >= 11 is 0. The molecule has 2 aromatic carbocycles. The number of ether oxygens (including phenoxy) is 2. The number of β-amino-alcohol motifs (C(OH)–C–C–N with tert-alkyl or cyclic N) is 1. The van der Waals surface area contributed by atoms with Crippen molar-refractivity contribution in [1.82, 2.24) is 14.7 Å². The van der Waals surface area contributed by atoms with Crippen LogP contribution in [0, 0.1) is 6.92 Å². The topological polar surface area (TPSA) is 80.0 Å². The monoisotopic (exact) mass is 451 g/mol. The lowest BCUT2D eigenvalue weighted by Crippen LogP contribution is -2.59. The number of hydrogen-bond donors (Lipinski definition) is 2. The van der Waals surface area contributed by atoms with Crippen LogP contribution >= 0.6 is 0 Å². The zero-order valence-corrected chi connectivity index (χ0v) is 19.1. The maximum atomic E-state index is 11.1. The molecule has 3 aromatic rings. The van der Waals surface area contributed by atoms with Gasteiger partial charge in [0.2, 0.25) is 0 Å². The van der Waals surface area contributed by atoms with Crippen LogP contribution in [0.15, 0.2) is 67.0 Å². The van der Waals surface area contributed by atoms with Gasteiger partial charge in [0.05, 0.1) is 12.7 Å². The van der Waals surface area contributed by atoms with Gasteiger partial charge in [-0.25, -0.2) is 0 Å². The van der Waals surface area contributed by atoms with Gasteiger partial charge in [0.1, 0.15) is 23.7 Å². The van der Waals surface area contributed by atoms with Crippen LogP contribution in [0.4, 0.5) is 0 Å². The van der Waals surface area contributed by atoms with Crippen LogP contribution in [0.3, 0.4) is 0 Å². The van der Waals surface area contributed by atoms with E-state index in [2.05, 4.69) is 16.1 Å². The van der Waals surface area contributed by atoms with Crippen LogP contribution in [0.1, 0.15) is 24.0 Å². The molecular weight excluding hydrogens is 418 g/mol.